The second kappa shape index (κ2) is 9.87. The number of rotatable bonds is 7. The fraction of sp³-hybridized carbons (Fsp3) is 0.200. The van der Waals surface area contributed by atoms with Crippen molar-refractivity contribution in [3.63, 3.8) is 0 Å². The third kappa shape index (κ3) is 4.90. The normalized spacial score (nSPS) is 15.3. The van der Waals surface area contributed by atoms with Gasteiger partial charge in [-0.05, 0) is 42.0 Å². The van der Waals surface area contributed by atoms with Crippen LogP contribution < -0.4 is 24.4 Å². The lowest BCUT2D eigenvalue weighted by Gasteiger charge is -2.25. The lowest BCUT2D eigenvalue weighted by atomic mass is 10.1. The molecule has 1 saturated heterocycles. The molecule has 1 fully saturated rings. The second-order valence-electron chi connectivity index (χ2n) is 7.31. The molecule has 8 heteroatoms. The zero-order valence-electron chi connectivity index (χ0n) is 18.5. The van der Waals surface area contributed by atoms with Gasteiger partial charge in [-0.15, -0.1) is 11.8 Å². The fourth-order valence-electron chi connectivity index (χ4n) is 3.58. The Morgan fingerprint density at radius 1 is 0.909 bits per heavy atom. The number of benzene rings is 3. The maximum Gasteiger partial charge on any atom is 0.255 e. The summed E-state index contributed by atoms with van der Waals surface area (Å²) in [5.74, 6) is 1.94. The van der Waals surface area contributed by atoms with Crippen molar-refractivity contribution in [1.29, 1.82) is 0 Å². The number of ether oxygens (including phenoxy) is 3. The summed E-state index contributed by atoms with van der Waals surface area (Å²) in [6.45, 7) is 0. The van der Waals surface area contributed by atoms with E-state index in [4.69, 9.17) is 14.2 Å². The number of carbonyl (C=O) groups excluding carboxylic acids is 2. The van der Waals surface area contributed by atoms with Gasteiger partial charge in [0.25, 0.3) is 5.91 Å². The summed E-state index contributed by atoms with van der Waals surface area (Å²) < 4.78 is 15.8. The highest BCUT2D eigenvalue weighted by Gasteiger charge is 2.34. The standard InChI is InChI=1S/C25H24N2O5S/c1-30-20-6-4-5-19(13-20)27-23(28)15-33-25(27)16-7-9-18(10-8-16)26-24(29)17-11-21(31-2)14-22(12-17)32-3/h4-14,25H,15H2,1-3H3,(H,26,29). The van der Waals surface area contributed by atoms with Crippen molar-refractivity contribution in [2.75, 3.05) is 37.3 Å². The fourth-order valence-corrected chi connectivity index (χ4v) is 4.76. The molecule has 7 nitrogen and oxygen atoms in total. The SMILES string of the molecule is COc1cc(OC)cc(C(=O)Nc2ccc(C3SCC(=O)N3c3cccc(OC)c3)cc2)c1. The van der Waals surface area contributed by atoms with Crippen LogP contribution in [0.25, 0.3) is 0 Å². The number of amides is 2. The molecule has 4 rings (SSSR count). The molecule has 1 aliphatic rings. The van der Waals surface area contributed by atoms with Crippen LogP contribution in [0.4, 0.5) is 11.4 Å². The van der Waals surface area contributed by atoms with E-state index in [1.165, 1.54) is 14.2 Å². The summed E-state index contributed by atoms with van der Waals surface area (Å²) in [6.07, 6.45) is 0. The third-order valence-corrected chi connectivity index (χ3v) is 6.48. The number of methoxy groups -OCH3 is 3. The Kier molecular flexibility index (Phi) is 6.74. The van der Waals surface area contributed by atoms with Crippen LogP contribution in [0.5, 0.6) is 17.2 Å². The predicted molar refractivity (Wildman–Crippen MR) is 130 cm³/mol. The number of carbonyl (C=O) groups is 2. The second-order valence-corrected chi connectivity index (χ2v) is 8.37. The van der Waals surface area contributed by atoms with Gasteiger partial charge < -0.3 is 19.5 Å². The average Bonchev–Trinajstić information content (AvgIpc) is 3.25. The largest absolute Gasteiger partial charge is 0.497 e. The Labute approximate surface area is 196 Å². The highest BCUT2D eigenvalue weighted by Crippen LogP contribution is 2.42. The van der Waals surface area contributed by atoms with Crippen molar-refractivity contribution < 1.29 is 23.8 Å². The first-order valence-electron chi connectivity index (χ1n) is 10.2. The van der Waals surface area contributed by atoms with Gasteiger partial charge in [-0.2, -0.15) is 0 Å². The van der Waals surface area contributed by atoms with Crippen molar-refractivity contribution in [2.24, 2.45) is 0 Å². The zero-order valence-corrected chi connectivity index (χ0v) is 19.3. The molecule has 1 heterocycles. The molecule has 3 aromatic carbocycles. The molecule has 33 heavy (non-hydrogen) atoms. The molecule has 2 amide bonds. The van der Waals surface area contributed by atoms with Crippen LogP contribution in [0, 0.1) is 0 Å². The van der Waals surface area contributed by atoms with E-state index in [0.29, 0.717) is 34.3 Å². The maximum absolute atomic E-state index is 12.7. The highest BCUT2D eigenvalue weighted by atomic mass is 32.2. The minimum Gasteiger partial charge on any atom is -0.497 e. The van der Waals surface area contributed by atoms with E-state index in [1.54, 1.807) is 42.0 Å². The summed E-state index contributed by atoms with van der Waals surface area (Å²) in [5, 5.41) is 2.74. The van der Waals surface area contributed by atoms with Gasteiger partial charge in [0.1, 0.15) is 22.6 Å². The van der Waals surface area contributed by atoms with Gasteiger partial charge >= 0.3 is 0 Å². The molecule has 0 aliphatic carbocycles. The van der Waals surface area contributed by atoms with E-state index in [9.17, 15) is 9.59 Å². The summed E-state index contributed by atoms with van der Waals surface area (Å²) in [7, 11) is 4.68. The van der Waals surface area contributed by atoms with Gasteiger partial charge in [0.15, 0.2) is 0 Å². The lowest BCUT2D eigenvalue weighted by Crippen LogP contribution is -2.27. The summed E-state index contributed by atoms with van der Waals surface area (Å²) >= 11 is 1.57. The topological polar surface area (TPSA) is 77.1 Å². The molecule has 1 unspecified atom stereocenters. The number of nitrogens with one attached hydrogen (secondary N) is 1. The Hall–Kier alpha value is -3.65. The maximum atomic E-state index is 12.7. The van der Waals surface area contributed by atoms with E-state index in [-0.39, 0.29) is 17.2 Å². The van der Waals surface area contributed by atoms with E-state index < -0.39 is 0 Å². The van der Waals surface area contributed by atoms with Crippen molar-refractivity contribution in [2.45, 2.75) is 5.37 Å². The summed E-state index contributed by atoms with van der Waals surface area (Å²) in [6, 6.07) is 20.0. The van der Waals surface area contributed by atoms with Gasteiger partial charge in [-0.25, -0.2) is 0 Å². The van der Waals surface area contributed by atoms with Crippen LogP contribution in [0.2, 0.25) is 0 Å². The quantitative estimate of drug-likeness (QED) is 0.544. The van der Waals surface area contributed by atoms with Crippen LogP contribution in [0.1, 0.15) is 21.3 Å². The molecule has 0 bridgehead atoms. The van der Waals surface area contributed by atoms with Crippen LogP contribution >= 0.6 is 11.8 Å². The van der Waals surface area contributed by atoms with Crippen molar-refractivity contribution >= 4 is 35.0 Å². The van der Waals surface area contributed by atoms with E-state index >= 15 is 0 Å². The minimum absolute atomic E-state index is 0.0441. The van der Waals surface area contributed by atoms with Gasteiger partial charge in [-0.3, -0.25) is 14.5 Å². The van der Waals surface area contributed by atoms with Gasteiger partial charge in [0, 0.05) is 29.1 Å². The number of anilines is 2. The smallest absolute Gasteiger partial charge is 0.255 e. The summed E-state index contributed by atoms with van der Waals surface area (Å²) in [4.78, 5) is 27.1. The first kappa shape index (κ1) is 22.5. The predicted octanol–water partition coefficient (Wildman–Crippen LogP) is 4.74. The first-order valence-corrected chi connectivity index (χ1v) is 11.3. The zero-order chi connectivity index (χ0) is 23.4. The molecule has 170 valence electrons. The molecule has 0 saturated carbocycles. The van der Waals surface area contributed by atoms with Crippen LogP contribution in [-0.4, -0.2) is 38.9 Å². The molecule has 0 spiro atoms. The Balaban J connectivity index is 1.52. The van der Waals surface area contributed by atoms with Crippen LogP contribution in [-0.2, 0) is 4.79 Å². The molecular weight excluding hydrogens is 440 g/mol. The van der Waals surface area contributed by atoms with Crippen LogP contribution in [0.15, 0.2) is 66.7 Å². The Morgan fingerprint density at radius 2 is 1.58 bits per heavy atom. The third-order valence-electron chi connectivity index (χ3n) is 5.27. The Morgan fingerprint density at radius 3 is 2.21 bits per heavy atom. The Bertz CT molecular complexity index is 1140. The van der Waals surface area contributed by atoms with Gasteiger partial charge in [0.05, 0.1) is 27.1 Å². The molecule has 1 aliphatic heterocycles. The minimum atomic E-state index is -0.275. The monoisotopic (exact) mass is 464 g/mol. The molecule has 0 radical (unpaired) electrons. The van der Waals surface area contributed by atoms with Crippen molar-refractivity contribution in [3.05, 3.63) is 77.9 Å². The van der Waals surface area contributed by atoms with Gasteiger partial charge in [-0.1, -0.05) is 18.2 Å². The van der Waals surface area contributed by atoms with E-state index in [0.717, 1.165) is 11.3 Å². The summed E-state index contributed by atoms with van der Waals surface area (Å²) in [5.41, 5.74) is 2.83. The number of hydrogen-bond donors (Lipinski definition) is 1. The number of thioether (sulfide) groups is 1. The first-order chi connectivity index (χ1) is 16.0. The van der Waals surface area contributed by atoms with E-state index in [1.807, 2.05) is 48.5 Å². The molecule has 3 aromatic rings. The lowest BCUT2D eigenvalue weighted by molar-refractivity contribution is -0.115. The molecule has 1 atom stereocenters. The molecule has 0 aromatic heterocycles. The van der Waals surface area contributed by atoms with Crippen molar-refractivity contribution in [1.82, 2.24) is 0 Å². The van der Waals surface area contributed by atoms with Gasteiger partial charge in [0.2, 0.25) is 5.91 Å². The van der Waals surface area contributed by atoms with Crippen LogP contribution in [0.3, 0.4) is 0 Å². The number of nitrogens with zero attached hydrogens (tertiary/aromatic N) is 1. The molecule has 1 N–H and O–H groups in total. The number of hydrogen-bond acceptors (Lipinski definition) is 6. The van der Waals surface area contributed by atoms with E-state index in [2.05, 4.69) is 5.32 Å². The molecular formula is C25H24N2O5S. The average molecular weight is 465 g/mol. The van der Waals surface area contributed by atoms with Crippen molar-refractivity contribution in [3.8, 4) is 17.2 Å². The highest BCUT2D eigenvalue weighted by molar-refractivity contribution is 8.00.